The van der Waals surface area contributed by atoms with Crippen LogP contribution < -0.4 is 5.32 Å². The quantitative estimate of drug-likeness (QED) is 0.906. The Kier molecular flexibility index (Phi) is 3.71. The number of fused-ring (bicyclic) bond motifs is 1. The molecule has 1 aromatic carbocycles. The Hall–Kier alpha value is -2.43. The van der Waals surface area contributed by atoms with Gasteiger partial charge in [0.05, 0.1) is 17.0 Å². The van der Waals surface area contributed by atoms with Crippen molar-refractivity contribution in [3.63, 3.8) is 0 Å². The zero-order valence-corrected chi connectivity index (χ0v) is 13.4. The van der Waals surface area contributed by atoms with Gasteiger partial charge in [-0.05, 0) is 44.2 Å². The maximum absolute atomic E-state index is 12.8. The molecule has 0 spiro atoms. The summed E-state index contributed by atoms with van der Waals surface area (Å²) >= 11 is 0. The summed E-state index contributed by atoms with van der Waals surface area (Å²) in [4.78, 5) is 28.6. The van der Waals surface area contributed by atoms with Gasteiger partial charge in [0, 0.05) is 23.0 Å². The SMILES string of the molecule is O=C(N[C@@H]1CC[C@H](C(=O)O)C1)c1cc(C2CC2)nc2ccccc12. The maximum Gasteiger partial charge on any atom is 0.306 e. The summed E-state index contributed by atoms with van der Waals surface area (Å²) < 4.78 is 0. The molecule has 2 aliphatic rings. The lowest BCUT2D eigenvalue weighted by Crippen LogP contribution is -2.33. The molecule has 1 heterocycles. The number of hydrogen-bond donors (Lipinski definition) is 2. The number of hydrogen-bond acceptors (Lipinski definition) is 3. The standard InChI is InChI=1S/C19H20N2O3/c22-18(20-13-8-7-12(9-13)19(23)24)15-10-17(11-5-6-11)21-16-4-2-1-3-14(15)16/h1-4,10-13H,5-9H2,(H,20,22)(H,23,24)/t12-,13+/m0/s1. The molecular weight excluding hydrogens is 304 g/mol. The smallest absolute Gasteiger partial charge is 0.306 e. The van der Waals surface area contributed by atoms with Crippen molar-refractivity contribution < 1.29 is 14.7 Å². The van der Waals surface area contributed by atoms with Gasteiger partial charge in [0.25, 0.3) is 5.91 Å². The molecular formula is C19H20N2O3. The van der Waals surface area contributed by atoms with Gasteiger partial charge in [-0.3, -0.25) is 14.6 Å². The Balaban J connectivity index is 1.61. The van der Waals surface area contributed by atoms with Crippen LogP contribution >= 0.6 is 0 Å². The van der Waals surface area contributed by atoms with Crippen molar-refractivity contribution in [1.29, 1.82) is 0 Å². The largest absolute Gasteiger partial charge is 0.481 e. The van der Waals surface area contributed by atoms with Crippen LogP contribution in [0.25, 0.3) is 10.9 Å². The lowest BCUT2D eigenvalue weighted by atomic mass is 10.0. The van der Waals surface area contributed by atoms with E-state index >= 15 is 0 Å². The number of carboxylic acids is 1. The number of aromatic nitrogens is 1. The predicted octanol–water partition coefficient (Wildman–Crippen LogP) is 3.10. The van der Waals surface area contributed by atoms with Crippen molar-refractivity contribution in [2.24, 2.45) is 5.92 Å². The summed E-state index contributed by atoms with van der Waals surface area (Å²) in [6.07, 6.45) is 4.14. The van der Waals surface area contributed by atoms with E-state index in [9.17, 15) is 9.59 Å². The molecule has 0 saturated heterocycles. The third-order valence-electron chi connectivity index (χ3n) is 5.09. The Labute approximate surface area is 140 Å². The van der Waals surface area contributed by atoms with Gasteiger partial charge < -0.3 is 10.4 Å². The molecule has 2 atom stereocenters. The minimum Gasteiger partial charge on any atom is -0.481 e. The van der Waals surface area contributed by atoms with E-state index in [1.54, 1.807) is 0 Å². The summed E-state index contributed by atoms with van der Waals surface area (Å²) in [7, 11) is 0. The van der Waals surface area contributed by atoms with Gasteiger partial charge in [-0.2, -0.15) is 0 Å². The zero-order valence-electron chi connectivity index (χ0n) is 13.4. The zero-order chi connectivity index (χ0) is 16.7. The first-order chi connectivity index (χ1) is 11.6. The number of amides is 1. The number of carboxylic acid groups (broad SMARTS) is 1. The number of para-hydroxylation sites is 1. The van der Waals surface area contributed by atoms with Gasteiger partial charge >= 0.3 is 5.97 Å². The van der Waals surface area contributed by atoms with E-state index in [0.29, 0.717) is 24.3 Å². The van der Waals surface area contributed by atoms with Gasteiger partial charge in [0.2, 0.25) is 0 Å². The third kappa shape index (κ3) is 2.86. The van der Waals surface area contributed by atoms with Crippen LogP contribution in [0.5, 0.6) is 0 Å². The molecule has 0 radical (unpaired) electrons. The van der Waals surface area contributed by atoms with Crippen molar-refractivity contribution in [2.45, 2.75) is 44.1 Å². The fourth-order valence-corrected chi connectivity index (χ4v) is 3.57. The lowest BCUT2D eigenvalue weighted by molar-refractivity contribution is -0.141. The van der Waals surface area contributed by atoms with Gasteiger partial charge in [-0.1, -0.05) is 18.2 Å². The van der Waals surface area contributed by atoms with Crippen LogP contribution in [0.3, 0.4) is 0 Å². The van der Waals surface area contributed by atoms with Crippen LogP contribution in [0.15, 0.2) is 30.3 Å². The topological polar surface area (TPSA) is 79.3 Å². The van der Waals surface area contributed by atoms with Gasteiger partial charge in [0.15, 0.2) is 0 Å². The van der Waals surface area contributed by atoms with Crippen molar-refractivity contribution in [2.75, 3.05) is 0 Å². The number of pyridine rings is 1. The highest BCUT2D eigenvalue weighted by Gasteiger charge is 2.31. The first kappa shape index (κ1) is 15.1. The van der Waals surface area contributed by atoms with Crippen LogP contribution in [0.4, 0.5) is 0 Å². The van der Waals surface area contributed by atoms with Crippen LogP contribution in [0.1, 0.15) is 54.1 Å². The number of nitrogens with zero attached hydrogens (tertiary/aromatic N) is 1. The second kappa shape index (κ2) is 5.89. The van der Waals surface area contributed by atoms with Crippen LogP contribution in [0.2, 0.25) is 0 Å². The number of carbonyl (C=O) groups is 2. The number of rotatable bonds is 4. The average molecular weight is 324 g/mol. The summed E-state index contributed by atoms with van der Waals surface area (Å²) in [5, 5.41) is 13.0. The molecule has 2 fully saturated rings. The first-order valence-electron chi connectivity index (χ1n) is 8.55. The van der Waals surface area contributed by atoms with E-state index < -0.39 is 5.97 Å². The van der Waals surface area contributed by atoms with Gasteiger partial charge in [-0.15, -0.1) is 0 Å². The summed E-state index contributed by atoms with van der Waals surface area (Å²) in [6, 6.07) is 9.56. The van der Waals surface area contributed by atoms with Crippen LogP contribution in [0, 0.1) is 5.92 Å². The number of carbonyl (C=O) groups excluding carboxylic acids is 1. The van der Waals surface area contributed by atoms with Crippen molar-refractivity contribution in [1.82, 2.24) is 10.3 Å². The number of nitrogens with one attached hydrogen (secondary N) is 1. The second-order valence-corrected chi connectivity index (χ2v) is 6.90. The lowest BCUT2D eigenvalue weighted by Gasteiger charge is -2.14. The fraction of sp³-hybridized carbons (Fsp3) is 0.421. The summed E-state index contributed by atoms with van der Waals surface area (Å²) in [6.45, 7) is 0. The molecule has 0 aliphatic heterocycles. The van der Waals surface area contributed by atoms with E-state index in [0.717, 1.165) is 35.9 Å². The Morgan fingerprint density at radius 2 is 1.92 bits per heavy atom. The molecule has 1 aromatic heterocycles. The monoisotopic (exact) mass is 324 g/mol. The maximum atomic E-state index is 12.8. The molecule has 5 nitrogen and oxygen atoms in total. The number of benzene rings is 1. The van der Waals surface area contributed by atoms with E-state index in [1.807, 2.05) is 30.3 Å². The van der Waals surface area contributed by atoms with Crippen LogP contribution in [-0.2, 0) is 4.79 Å². The Morgan fingerprint density at radius 1 is 1.12 bits per heavy atom. The highest BCUT2D eigenvalue weighted by molar-refractivity contribution is 6.06. The molecule has 2 aliphatic carbocycles. The van der Waals surface area contributed by atoms with E-state index in [4.69, 9.17) is 5.11 Å². The molecule has 2 N–H and O–H groups in total. The van der Waals surface area contributed by atoms with Gasteiger partial charge in [0.1, 0.15) is 0 Å². The van der Waals surface area contributed by atoms with Gasteiger partial charge in [-0.25, -0.2) is 0 Å². The predicted molar refractivity (Wildman–Crippen MR) is 89.9 cm³/mol. The normalized spacial score (nSPS) is 23.3. The average Bonchev–Trinajstić information content (AvgIpc) is 3.33. The molecule has 4 rings (SSSR count). The molecule has 1 amide bonds. The fourth-order valence-electron chi connectivity index (χ4n) is 3.57. The third-order valence-corrected chi connectivity index (χ3v) is 5.09. The van der Waals surface area contributed by atoms with Crippen molar-refractivity contribution >= 4 is 22.8 Å². The molecule has 124 valence electrons. The summed E-state index contributed by atoms with van der Waals surface area (Å²) in [5.74, 6) is -0.751. The number of aliphatic carboxylic acids is 1. The highest BCUT2D eigenvalue weighted by Crippen LogP contribution is 2.40. The molecule has 2 saturated carbocycles. The highest BCUT2D eigenvalue weighted by atomic mass is 16.4. The Bertz CT molecular complexity index is 813. The molecule has 24 heavy (non-hydrogen) atoms. The van der Waals surface area contributed by atoms with E-state index in [2.05, 4.69) is 10.3 Å². The first-order valence-corrected chi connectivity index (χ1v) is 8.55. The summed E-state index contributed by atoms with van der Waals surface area (Å²) in [5.41, 5.74) is 2.50. The Morgan fingerprint density at radius 3 is 2.62 bits per heavy atom. The minimum absolute atomic E-state index is 0.0603. The molecule has 5 heteroatoms. The van der Waals surface area contributed by atoms with E-state index in [-0.39, 0.29) is 17.9 Å². The van der Waals surface area contributed by atoms with E-state index in [1.165, 1.54) is 0 Å². The van der Waals surface area contributed by atoms with Crippen LogP contribution in [-0.4, -0.2) is 28.0 Å². The molecule has 0 unspecified atom stereocenters. The van der Waals surface area contributed by atoms with Crippen molar-refractivity contribution in [3.8, 4) is 0 Å². The molecule has 0 bridgehead atoms. The van der Waals surface area contributed by atoms with Crippen molar-refractivity contribution in [3.05, 3.63) is 41.6 Å². The molecule has 2 aromatic rings. The second-order valence-electron chi connectivity index (χ2n) is 6.90. The minimum atomic E-state index is -0.767.